The lowest BCUT2D eigenvalue weighted by Gasteiger charge is -2.19. The van der Waals surface area contributed by atoms with Crippen molar-refractivity contribution in [2.75, 3.05) is 6.54 Å². The lowest BCUT2D eigenvalue weighted by molar-refractivity contribution is 0.504. The minimum Gasteiger partial charge on any atom is -0.313 e. The first-order valence-electron chi connectivity index (χ1n) is 7.40. The summed E-state index contributed by atoms with van der Waals surface area (Å²) >= 11 is 9.60. The van der Waals surface area contributed by atoms with Crippen LogP contribution in [0.3, 0.4) is 0 Å². The third-order valence-corrected chi connectivity index (χ3v) is 4.53. The Kier molecular flexibility index (Phi) is 6.75. The molecule has 1 nitrogen and oxygen atoms in total. The minimum absolute atomic E-state index is 0.435. The maximum Gasteiger partial charge on any atom is 0.0406 e. The zero-order valence-corrected chi connectivity index (χ0v) is 14.6. The summed E-state index contributed by atoms with van der Waals surface area (Å²) in [4.78, 5) is 0. The highest BCUT2D eigenvalue weighted by atomic mass is 79.9. The van der Waals surface area contributed by atoms with Gasteiger partial charge in [-0.2, -0.15) is 0 Å². The highest BCUT2D eigenvalue weighted by Gasteiger charge is 2.11. The van der Waals surface area contributed by atoms with Gasteiger partial charge in [-0.25, -0.2) is 0 Å². The topological polar surface area (TPSA) is 12.0 Å². The van der Waals surface area contributed by atoms with Gasteiger partial charge in [0.2, 0.25) is 0 Å². The molecule has 2 aromatic carbocycles. The van der Waals surface area contributed by atoms with Gasteiger partial charge in [0.1, 0.15) is 0 Å². The monoisotopic (exact) mass is 365 g/mol. The molecule has 0 spiro atoms. The van der Waals surface area contributed by atoms with Crippen LogP contribution in [-0.4, -0.2) is 12.6 Å². The number of halogens is 2. The predicted molar refractivity (Wildman–Crippen MR) is 95.1 cm³/mol. The van der Waals surface area contributed by atoms with E-state index in [0.717, 1.165) is 30.8 Å². The van der Waals surface area contributed by atoms with E-state index in [-0.39, 0.29) is 0 Å². The largest absolute Gasteiger partial charge is 0.313 e. The first-order chi connectivity index (χ1) is 10.2. The van der Waals surface area contributed by atoms with Crippen molar-refractivity contribution in [2.45, 2.75) is 32.2 Å². The fourth-order valence-corrected chi connectivity index (χ4v) is 2.97. The van der Waals surface area contributed by atoms with Crippen LogP contribution in [-0.2, 0) is 12.8 Å². The van der Waals surface area contributed by atoms with E-state index >= 15 is 0 Å². The van der Waals surface area contributed by atoms with Gasteiger partial charge < -0.3 is 5.32 Å². The predicted octanol–water partition coefficient (Wildman–Crippen LogP) is 5.26. The molecule has 0 amide bonds. The lowest BCUT2D eigenvalue weighted by Crippen LogP contribution is -2.33. The summed E-state index contributed by atoms with van der Waals surface area (Å²) in [5.41, 5.74) is 2.67. The summed E-state index contributed by atoms with van der Waals surface area (Å²) in [6.07, 6.45) is 3.18. The number of nitrogens with one attached hydrogen (secondary N) is 1. The van der Waals surface area contributed by atoms with Gasteiger partial charge in [-0.05, 0) is 55.1 Å². The summed E-state index contributed by atoms with van der Waals surface area (Å²) in [5, 5.41) is 4.45. The van der Waals surface area contributed by atoms with E-state index in [9.17, 15) is 0 Å². The van der Waals surface area contributed by atoms with Crippen LogP contribution in [0, 0.1) is 0 Å². The molecule has 0 bridgehead atoms. The van der Waals surface area contributed by atoms with Crippen LogP contribution in [0.1, 0.15) is 24.5 Å². The van der Waals surface area contributed by atoms with Crippen LogP contribution < -0.4 is 5.32 Å². The van der Waals surface area contributed by atoms with E-state index in [4.69, 9.17) is 11.6 Å². The first kappa shape index (κ1) is 16.5. The highest BCUT2D eigenvalue weighted by molar-refractivity contribution is 9.10. The first-order valence-corrected chi connectivity index (χ1v) is 8.57. The van der Waals surface area contributed by atoms with Crippen LogP contribution in [0.25, 0.3) is 0 Å². The molecule has 21 heavy (non-hydrogen) atoms. The molecular weight excluding hydrogens is 346 g/mol. The molecule has 2 rings (SSSR count). The molecule has 0 saturated heterocycles. The minimum atomic E-state index is 0.435. The summed E-state index contributed by atoms with van der Waals surface area (Å²) in [6, 6.07) is 17.0. The molecule has 1 unspecified atom stereocenters. The third kappa shape index (κ3) is 5.46. The molecule has 2 aromatic rings. The molecule has 0 aliphatic carbocycles. The smallest absolute Gasteiger partial charge is 0.0406 e. The van der Waals surface area contributed by atoms with E-state index in [1.807, 2.05) is 12.1 Å². The van der Waals surface area contributed by atoms with Crippen molar-refractivity contribution in [1.82, 2.24) is 5.32 Å². The maximum absolute atomic E-state index is 5.96. The molecule has 1 atom stereocenters. The molecule has 0 fully saturated rings. The number of hydrogen-bond acceptors (Lipinski definition) is 1. The summed E-state index contributed by atoms with van der Waals surface area (Å²) < 4.78 is 1.18. The van der Waals surface area contributed by atoms with Gasteiger partial charge in [0.25, 0.3) is 0 Å². The molecule has 0 aliphatic rings. The average Bonchev–Trinajstić information content (AvgIpc) is 2.49. The Bertz CT molecular complexity index is 553. The Hall–Kier alpha value is -0.830. The van der Waals surface area contributed by atoms with Gasteiger partial charge in [0, 0.05) is 15.5 Å². The molecule has 0 aliphatic heterocycles. The van der Waals surface area contributed by atoms with E-state index in [1.54, 1.807) is 0 Å². The van der Waals surface area contributed by atoms with Crippen molar-refractivity contribution in [3.05, 3.63) is 69.2 Å². The second-order valence-electron chi connectivity index (χ2n) is 5.28. The second-order valence-corrected chi connectivity index (χ2v) is 6.57. The van der Waals surface area contributed by atoms with E-state index in [2.05, 4.69) is 64.6 Å². The Balaban J connectivity index is 2.07. The van der Waals surface area contributed by atoms with Crippen molar-refractivity contribution in [2.24, 2.45) is 0 Å². The third-order valence-electron chi connectivity index (χ3n) is 3.50. The Morgan fingerprint density at radius 2 is 1.76 bits per heavy atom. The molecule has 0 radical (unpaired) electrons. The SMILES string of the molecule is CCCNC(Cc1ccc(Cl)cc1)Cc1ccccc1Br. The quantitative estimate of drug-likeness (QED) is 0.705. The van der Waals surface area contributed by atoms with Crippen molar-refractivity contribution in [1.29, 1.82) is 0 Å². The molecule has 112 valence electrons. The molecule has 0 saturated carbocycles. The zero-order chi connectivity index (χ0) is 15.1. The van der Waals surface area contributed by atoms with Gasteiger partial charge in [-0.1, -0.05) is 64.8 Å². The highest BCUT2D eigenvalue weighted by Crippen LogP contribution is 2.19. The Labute approximate surface area is 140 Å². The average molecular weight is 367 g/mol. The normalized spacial score (nSPS) is 12.3. The standard InChI is InChI=1S/C18H21BrClN/c1-2-11-21-17(12-14-7-9-16(20)10-8-14)13-15-5-3-4-6-18(15)19/h3-10,17,21H,2,11-13H2,1H3. The van der Waals surface area contributed by atoms with Gasteiger partial charge >= 0.3 is 0 Å². The van der Waals surface area contributed by atoms with E-state index in [1.165, 1.54) is 15.6 Å². The van der Waals surface area contributed by atoms with Crippen molar-refractivity contribution < 1.29 is 0 Å². The molecule has 0 heterocycles. The van der Waals surface area contributed by atoms with Gasteiger partial charge in [-0.3, -0.25) is 0 Å². The number of rotatable bonds is 7. The van der Waals surface area contributed by atoms with Crippen molar-refractivity contribution in [3.63, 3.8) is 0 Å². The summed E-state index contributed by atoms with van der Waals surface area (Å²) in [7, 11) is 0. The fraction of sp³-hybridized carbons (Fsp3) is 0.333. The molecule has 3 heteroatoms. The van der Waals surface area contributed by atoms with Gasteiger partial charge in [-0.15, -0.1) is 0 Å². The van der Waals surface area contributed by atoms with Gasteiger partial charge in [0.05, 0.1) is 0 Å². The maximum atomic E-state index is 5.96. The van der Waals surface area contributed by atoms with Crippen LogP contribution in [0.5, 0.6) is 0 Å². The van der Waals surface area contributed by atoms with Crippen LogP contribution >= 0.6 is 27.5 Å². The van der Waals surface area contributed by atoms with Crippen molar-refractivity contribution >= 4 is 27.5 Å². The van der Waals surface area contributed by atoms with Crippen LogP contribution in [0.15, 0.2) is 53.0 Å². The Morgan fingerprint density at radius 3 is 2.43 bits per heavy atom. The molecule has 1 N–H and O–H groups in total. The van der Waals surface area contributed by atoms with Gasteiger partial charge in [0.15, 0.2) is 0 Å². The zero-order valence-electron chi connectivity index (χ0n) is 12.3. The molecular formula is C18H21BrClN. The van der Waals surface area contributed by atoms with Crippen LogP contribution in [0.4, 0.5) is 0 Å². The van der Waals surface area contributed by atoms with E-state index in [0.29, 0.717) is 6.04 Å². The van der Waals surface area contributed by atoms with Crippen LogP contribution in [0.2, 0.25) is 5.02 Å². The number of benzene rings is 2. The van der Waals surface area contributed by atoms with Crippen molar-refractivity contribution in [3.8, 4) is 0 Å². The summed E-state index contributed by atoms with van der Waals surface area (Å²) in [6.45, 7) is 3.24. The second kappa shape index (κ2) is 8.57. The van der Waals surface area contributed by atoms with E-state index < -0.39 is 0 Å². The summed E-state index contributed by atoms with van der Waals surface area (Å²) in [5.74, 6) is 0. The fourth-order valence-electron chi connectivity index (χ4n) is 2.40. The lowest BCUT2D eigenvalue weighted by atomic mass is 9.99. The number of hydrogen-bond donors (Lipinski definition) is 1. The Morgan fingerprint density at radius 1 is 1.05 bits per heavy atom. The molecule has 0 aromatic heterocycles.